The molecule has 0 fully saturated rings. The van der Waals surface area contributed by atoms with Gasteiger partial charge in [-0.1, -0.05) is 35.9 Å². The number of aromatic nitrogens is 1. The standard InChI is InChI=1S/C18H12ClNO4/c19-13-7-3-1-5-11(13)17(22)10-24-18(23)15-9-16(21)12-6-2-4-8-14(12)20-15/h1-9H,10H2,(H,20,21). The highest BCUT2D eigenvalue weighted by molar-refractivity contribution is 6.34. The van der Waals surface area contributed by atoms with E-state index in [0.717, 1.165) is 6.07 Å². The molecule has 1 heterocycles. The van der Waals surface area contributed by atoms with E-state index in [0.29, 0.717) is 10.9 Å². The van der Waals surface area contributed by atoms with Crippen LogP contribution >= 0.6 is 11.6 Å². The lowest BCUT2D eigenvalue weighted by Gasteiger charge is -2.06. The maximum absolute atomic E-state index is 12.1. The third-order valence-corrected chi connectivity index (χ3v) is 3.80. The molecule has 0 saturated heterocycles. The number of fused-ring (bicyclic) bond motifs is 1. The molecule has 0 bridgehead atoms. The first kappa shape index (κ1) is 16.0. The van der Waals surface area contributed by atoms with Crippen LogP contribution in [-0.4, -0.2) is 23.3 Å². The van der Waals surface area contributed by atoms with E-state index in [1.54, 1.807) is 48.5 Å². The number of aromatic amines is 1. The summed E-state index contributed by atoms with van der Waals surface area (Å²) in [5, 5.41) is 0.763. The summed E-state index contributed by atoms with van der Waals surface area (Å²) in [6.07, 6.45) is 0. The van der Waals surface area contributed by atoms with Gasteiger partial charge in [-0.3, -0.25) is 9.59 Å². The zero-order valence-corrected chi connectivity index (χ0v) is 13.2. The molecule has 0 radical (unpaired) electrons. The molecular weight excluding hydrogens is 330 g/mol. The van der Waals surface area contributed by atoms with Crippen molar-refractivity contribution in [1.82, 2.24) is 4.98 Å². The number of pyridine rings is 1. The molecule has 1 aromatic heterocycles. The number of halogens is 1. The zero-order chi connectivity index (χ0) is 17.1. The first-order valence-corrected chi connectivity index (χ1v) is 7.51. The Hall–Kier alpha value is -2.92. The second kappa shape index (κ2) is 6.68. The molecule has 24 heavy (non-hydrogen) atoms. The van der Waals surface area contributed by atoms with E-state index in [-0.39, 0.29) is 21.7 Å². The molecule has 0 amide bonds. The van der Waals surface area contributed by atoms with Gasteiger partial charge < -0.3 is 9.72 Å². The number of benzene rings is 2. The van der Waals surface area contributed by atoms with Gasteiger partial charge in [0.1, 0.15) is 5.69 Å². The molecule has 0 spiro atoms. The summed E-state index contributed by atoms with van der Waals surface area (Å²) in [5.74, 6) is -1.20. The highest BCUT2D eigenvalue weighted by Gasteiger charge is 2.15. The smallest absolute Gasteiger partial charge is 0.355 e. The van der Waals surface area contributed by atoms with Gasteiger partial charge >= 0.3 is 5.97 Å². The summed E-state index contributed by atoms with van der Waals surface area (Å²) < 4.78 is 4.99. The lowest BCUT2D eigenvalue weighted by atomic mass is 10.1. The molecule has 1 N–H and O–H groups in total. The topological polar surface area (TPSA) is 76.2 Å². The van der Waals surface area contributed by atoms with E-state index < -0.39 is 18.4 Å². The highest BCUT2D eigenvalue weighted by Crippen LogP contribution is 2.15. The van der Waals surface area contributed by atoms with Crippen LogP contribution in [0, 0.1) is 0 Å². The Bertz CT molecular complexity index is 993. The lowest BCUT2D eigenvalue weighted by molar-refractivity contribution is 0.0469. The minimum atomic E-state index is -0.779. The minimum absolute atomic E-state index is 0.00865. The van der Waals surface area contributed by atoms with E-state index >= 15 is 0 Å². The lowest BCUT2D eigenvalue weighted by Crippen LogP contribution is -2.17. The number of hydrogen-bond acceptors (Lipinski definition) is 4. The Morgan fingerprint density at radius 1 is 1.04 bits per heavy atom. The number of H-pyrrole nitrogens is 1. The Labute approximate surface area is 141 Å². The molecule has 3 aromatic rings. The minimum Gasteiger partial charge on any atom is -0.453 e. The molecule has 0 aliphatic rings. The number of ketones is 1. The van der Waals surface area contributed by atoms with Crippen LogP contribution in [0.3, 0.4) is 0 Å². The molecule has 0 aliphatic heterocycles. The van der Waals surface area contributed by atoms with Crippen molar-refractivity contribution in [3.05, 3.63) is 81.1 Å². The Balaban J connectivity index is 1.77. The van der Waals surface area contributed by atoms with Crippen molar-refractivity contribution in [3.63, 3.8) is 0 Å². The number of para-hydroxylation sites is 1. The maximum atomic E-state index is 12.1. The fourth-order valence-electron chi connectivity index (χ4n) is 2.28. The van der Waals surface area contributed by atoms with Crippen molar-refractivity contribution < 1.29 is 14.3 Å². The van der Waals surface area contributed by atoms with Crippen LogP contribution in [0.15, 0.2) is 59.4 Å². The van der Waals surface area contributed by atoms with Crippen LogP contribution in [0.4, 0.5) is 0 Å². The molecule has 0 saturated carbocycles. The Kier molecular flexibility index (Phi) is 4.44. The van der Waals surface area contributed by atoms with Crippen LogP contribution in [-0.2, 0) is 4.74 Å². The number of rotatable bonds is 4. The molecule has 5 nitrogen and oxygen atoms in total. The molecular formula is C18H12ClNO4. The third-order valence-electron chi connectivity index (χ3n) is 3.47. The number of carbonyl (C=O) groups excluding carboxylic acids is 2. The van der Waals surface area contributed by atoms with Gasteiger partial charge in [-0.25, -0.2) is 4.79 Å². The van der Waals surface area contributed by atoms with Gasteiger partial charge in [-0.05, 0) is 24.3 Å². The predicted molar refractivity (Wildman–Crippen MR) is 90.6 cm³/mol. The van der Waals surface area contributed by atoms with Crippen molar-refractivity contribution in [3.8, 4) is 0 Å². The molecule has 6 heteroatoms. The Morgan fingerprint density at radius 2 is 1.75 bits per heavy atom. The van der Waals surface area contributed by atoms with Crippen molar-refractivity contribution in [2.24, 2.45) is 0 Å². The molecule has 0 atom stereocenters. The molecule has 0 unspecified atom stereocenters. The SMILES string of the molecule is O=C(OCC(=O)c1ccccc1Cl)c1cc(=O)c2ccccc2[nH]1. The largest absolute Gasteiger partial charge is 0.453 e. The number of ether oxygens (including phenoxy) is 1. The number of esters is 1. The van der Waals surface area contributed by atoms with Gasteiger partial charge in [0.15, 0.2) is 12.0 Å². The number of hydrogen-bond donors (Lipinski definition) is 1. The van der Waals surface area contributed by atoms with Crippen LogP contribution in [0.1, 0.15) is 20.8 Å². The molecule has 3 rings (SSSR count). The van der Waals surface area contributed by atoms with Gasteiger partial charge in [0, 0.05) is 22.5 Å². The van der Waals surface area contributed by atoms with Gasteiger partial charge in [0.25, 0.3) is 0 Å². The normalized spacial score (nSPS) is 10.5. The summed E-state index contributed by atoms with van der Waals surface area (Å²) in [6.45, 7) is -0.461. The summed E-state index contributed by atoms with van der Waals surface area (Å²) in [6, 6.07) is 14.5. The van der Waals surface area contributed by atoms with Crippen LogP contribution in [0.5, 0.6) is 0 Å². The van der Waals surface area contributed by atoms with Crippen molar-refractivity contribution in [2.45, 2.75) is 0 Å². The summed E-state index contributed by atoms with van der Waals surface area (Å²) in [5.41, 5.74) is 0.493. The average Bonchev–Trinajstić information content (AvgIpc) is 2.59. The fraction of sp³-hybridized carbons (Fsp3) is 0.0556. The van der Waals surface area contributed by atoms with Crippen molar-refractivity contribution >= 4 is 34.3 Å². The summed E-state index contributed by atoms with van der Waals surface area (Å²) in [7, 11) is 0. The van der Waals surface area contributed by atoms with E-state index in [9.17, 15) is 14.4 Å². The third kappa shape index (κ3) is 3.21. The van der Waals surface area contributed by atoms with E-state index in [4.69, 9.17) is 16.3 Å². The van der Waals surface area contributed by atoms with Crippen molar-refractivity contribution in [2.75, 3.05) is 6.61 Å². The van der Waals surface area contributed by atoms with Crippen LogP contribution in [0.25, 0.3) is 10.9 Å². The first-order chi connectivity index (χ1) is 11.6. The van der Waals surface area contributed by atoms with Crippen molar-refractivity contribution in [1.29, 1.82) is 0 Å². The molecule has 0 aliphatic carbocycles. The average molecular weight is 342 g/mol. The predicted octanol–water partition coefficient (Wildman–Crippen LogP) is 3.22. The monoisotopic (exact) mass is 341 g/mol. The number of Topliss-reactive ketones (excluding diaryl/α,β-unsaturated/α-hetero) is 1. The van der Waals surface area contributed by atoms with Crippen LogP contribution in [0.2, 0.25) is 5.02 Å². The van der Waals surface area contributed by atoms with Gasteiger partial charge in [0.2, 0.25) is 5.78 Å². The van der Waals surface area contributed by atoms with E-state index in [1.807, 2.05) is 0 Å². The summed E-state index contributed by atoms with van der Waals surface area (Å²) >= 11 is 5.93. The quantitative estimate of drug-likeness (QED) is 0.584. The fourth-order valence-corrected chi connectivity index (χ4v) is 2.52. The summed E-state index contributed by atoms with van der Waals surface area (Å²) in [4.78, 5) is 39.0. The maximum Gasteiger partial charge on any atom is 0.355 e. The number of nitrogens with one attached hydrogen (secondary N) is 1. The molecule has 120 valence electrons. The first-order valence-electron chi connectivity index (χ1n) is 7.13. The zero-order valence-electron chi connectivity index (χ0n) is 12.4. The number of carbonyl (C=O) groups is 2. The van der Waals surface area contributed by atoms with Gasteiger partial charge in [-0.15, -0.1) is 0 Å². The molecule has 2 aromatic carbocycles. The van der Waals surface area contributed by atoms with Crippen LogP contribution < -0.4 is 5.43 Å². The van der Waals surface area contributed by atoms with Gasteiger partial charge in [-0.2, -0.15) is 0 Å². The second-order valence-electron chi connectivity index (χ2n) is 5.07. The Morgan fingerprint density at radius 3 is 2.54 bits per heavy atom. The highest BCUT2D eigenvalue weighted by atomic mass is 35.5. The van der Waals surface area contributed by atoms with E-state index in [2.05, 4.69) is 4.98 Å². The van der Waals surface area contributed by atoms with Gasteiger partial charge in [0.05, 0.1) is 5.02 Å². The van der Waals surface area contributed by atoms with E-state index in [1.165, 1.54) is 0 Å². The second-order valence-corrected chi connectivity index (χ2v) is 5.48.